The molecule has 0 spiro atoms. The van der Waals surface area contributed by atoms with Crippen LogP contribution < -0.4 is 10.5 Å². The summed E-state index contributed by atoms with van der Waals surface area (Å²) in [4.78, 5) is 4.28. The third kappa shape index (κ3) is 1.27. The molecule has 0 bridgehead atoms. The predicted octanol–water partition coefficient (Wildman–Crippen LogP) is 2.13. The number of hydrogen-bond acceptors (Lipinski definition) is 3. The first-order valence-electron chi connectivity index (χ1n) is 4.42. The van der Waals surface area contributed by atoms with Crippen molar-refractivity contribution in [1.29, 1.82) is 0 Å². The second kappa shape index (κ2) is 3.18. The molecular weight excluding hydrogens is 176 g/mol. The van der Waals surface area contributed by atoms with Crippen LogP contribution in [0.25, 0.3) is 10.8 Å². The third-order valence-corrected chi connectivity index (χ3v) is 2.18. The van der Waals surface area contributed by atoms with Gasteiger partial charge in [-0.2, -0.15) is 0 Å². The first kappa shape index (κ1) is 8.81. The second-order valence-corrected chi connectivity index (χ2v) is 3.22. The van der Waals surface area contributed by atoms with Gasteiger partial charge in [0.25, 0.3) is 0 Å². The van der Waals surface area contributed by atoms with E-state index in [-0.39, 0.29) is 0 Å². The van der Waals surface area contributed by atoms with Crippen molar-refractivity contribution >= 4 is 16.5 Å². The monoisotopic (exact) mass is 188 g/mol. The van der Waals surface area contributed by atoms with Crippen molar-refractivity contribution in [2.75, 3.05) is 12.8 Å². The van der Waals surface area contributed by atoms with Crippen LogP contribution in [0, 0.1) is 6.92 Å². The van der Waals surface area contributed by atoms with Crippen molar-refractivity contribution in [3.05, 3.63) is 30.0 Å². The Kier molecular flexibility index (Phi) is 2.00. The maximum atomic E-state index is 5.86. The minimum atomic E-state index is 0.595. The number of aromatic nitrogens is 1. The quantitative estimate of drug-likeness (QED) is 0.697. The van der Waals surface area contributed by atoms with Gasteiger partial charge in [0.2, 0.25) is 5.88 Å². The molecule has 0 atom stereocenters. The number of hydrogen-bond donors (Lipinski definition) is 1. The van der Waals surface area contributed by atoms with E-state index in [1.54, 1.807) is 7.11 Å². The minimum Gasteiger partial charge on any atom is -0.480 e. The molecule has 1 aromatic carbocycles. The van der Waals surface area contributed by atoms with Gasteiger partial charge in [0.15, 0.2) is 0 Å². The second-order valence-electron chi connectivity index (χ2n) is 3.22. The van der Waals surface area contributed by atoms with Crippen molar-refractivity contribution in [1.82, 2.24) is 4.98 Å². The lowest BCUT2D eigenvalue weighted by atomic mass is 10.1. The summed E-state index contributed by atoms with van der Waals surface area (Å²) in [5.41, 5.74) is 7.49. The zero-order chi connectivity index (χ0) is 10.1. The Morgan fingerprint density at radius 1 is 1.36 bits per heavy atom. The molecule has 0 aliphatic carbocycles. The van der Waals surface area contributed by atoms with Gasteiger partial charge in [-0.15, -0.1) is 0 Å². The summed E-state index contributed by atoms with van der Waals surface area (Å²) < 4.78 is 5.20. The maximum absolute atomic E-state index is 5.86. The standard InChI is InChI=1S/C11H12N2O/c1-7-6-8-4-3-5-9(12)10(8)11(13-7)14-2/h3-6H,12H2,1-2H3. The van der Waals surface area contributed by atoms with E-state index in [9.17, 15) is 0 Å². The molecule has 0 amide bonds. The first-order valence-corrected chi connectivity index (χ1v) is 4.42. The van der Waals surface area contributed by atoms with Crippen molar-refractivity contribution in [3.8, 4) is 5.88 Å². The topological polar surface area (TPSA) is 48.1 Å². The van der Waals surface area contributed by atoms with Crippen LogP contribution in [0.5, 0.6) is 5.88 Å². The van der Waals surface area contributed by atoms with Gasteiger partial charge in [0.05, 0.1) is 12.5 Å². The lowest BCUT2D eigenvalue weighted by Crippen LogP contribution is -1.95. The lowest BCUT2D eigenvalue weighted by molar-refractivity contribution is 0.402. The number of nitrogens with two attached hydrogens (primary N) is 1. The summed E-state index contributed by atoms with van der Waals surface area (Å²) in [6.45, 7) is 1.94. The van der Waals surface area contributed by atoms with Crippen LogP contribution in [0.4, 0.5) is 5.69 Å². The van der Waals surface area contributed by atoms with E-state index in [1.807, 2.05) is 31.2 Å². The van der Waals surface area contributed by atoms with Crippen molar-refractivity contribution in [3.63, 3.8) is 0 Å². The summed E-state index contributed by atoms with van der Waals surface area (Å²) >= 11 is 0. The van der Waals surface area contributed by atoms with E-state index >= 15 is 0 Å². The SMILES string of the molecule is COc1nc(C)cc2cccc(N)c12. The Labute approximate surface area is 82.5 Å². The predicted molar refractivity (Wildman–Crippen MR) is 57.4 cm³/mol. The molecule has 14 heavy (non-hydrogen) atoms. The number of rotatable bonds is 1. The number of nitrogen functional groups attached to an aromatic ring is 1. The fraction of sp³-hybridized carbons (Fsp3) is 0.182. The van der Waals surface area contributed by atoms with E-state index in [1.165, 1.54) is 0 Å². The van der Waals surface area contributed by atoms with Crippen LogP contribution >= 0.6 is 0 Å². The first-order chi connectivity index (χ1) is 6.72. The van der Waals surface area contributed by atoms with Crippen LogP contribution in [0.3, 0.4) is 0 Å². The zero-order valence-electron chi connectivity index (χ0n) is 8.24. The maximum Gasteiger partial charge on any atom is 0.223 e. The summed E-state index contributed by atoms with van der Waals surface area (Å²) in [6.07, 6.45) is 0. The molecule has 1 aromatic heterocycles. The molecule has 72 valence electrons. The fourth-order valence-electron chi connectivity index (χ4n) is 1.58. The molecule has 0 radical (unpaired) electrons. The minimum absolute atomic E-state index is 0.595. The molecule has 0 saturated heterocycles. The largest absolute Gasteiger partial charge is 0.480 e. The summed E-state index contributed by atoms with van der Waals surface area (Å²) in [7, 11) is 1.60. The Bertz CT molecular complexity index is 480. The average Bonchev–Trinajstić information content (AvgIpc) is 2.16. The number of benzene rings is 1. The number of fused-ring (bicyclic) bond motifs is 1. The molecule has 2 aromatic rings. The third-order valence-electron chi connectivity index (χ3n) is 2.18. The molecule has 3 heteroatoms. The Morgan fingerprint density at radius 2 is 2.14 bits per heavy atom. The van der Waals surface area contributed by atoms with E-state index in [2.05, 4.69) is 4.98 Å². The Hall–Kier alpha value is -1.77. The van der Waals surface area contributed by atoms with Crippen molar-refractivity contribution in [2.45, 2.75) is 6.92 Å². The van der Waals surface area contributed by atoms with Crippen molar-refractivity contribution < 1.29 is 4.74 Å². The number of anilines is 1. The Morgan fingerprint density at radius 3 is 2.86 bits per heavy atom. The molecular formula is C11H12N2O. The van der Waals surface area contributed by atoms with Gasteiger partial charge >= 0.3 is 0 Å². The number of nitrogens with zero attached hydrogens (tertiary/aromatic N) is 1. The van der Waals surface area contributed by atoms with Crippen LogP contribution in [0.15, 0.2) is 24.3 Å². The molecule has 0 saturated carbocycles. The molecule has 3 nitrogen and oxygen atoms in total. The van der Waals surface area contributed by atoms with Gasteiger partial charge in [-0.3, -0.25) is 0 Å². The van der Waals surface area contributed by atoms with Gasteiger partial charge in [0.1, 0.15) is 0 Å². The van der Waals surface area contributed by atoms with Gasteiger partial charge in [0, 0.05) is 11.4 Å². The molecule has 0 aliphatic rings. The van der Waals surface area contributed by atoms with Crippen LogP contribution in [-0.4, -0.2) is 12.1 Å². The van der Waals surface area contributed by atoms with Gasteiger partial charge in [-0.05, 0) is 24.4 Å². The molecule has 0 unspecified atom stereocenters. The highest BCUT2D eigenvalue weighted by atomic mass is 16.5. The van der Waals surface area contributed by atoms with Gasteiger partial charge < -0.3 is 10.5 Å². The van der Waals surface area contributed by atoms with E-state index in [0.717, 1.165) is 16.5 Å². The Balaban J connectivity index is 2.88. The summed E-state index contributed by atoms with van der Waals surface area (Å²) in [5.74, 6) is 0.595. The lowest BCUT2D eigenvalue weighted by Gasteiger charge is -2.07. The zero-order valence-corrected chi connectivity index (χ0v) is 8.24. The molecule has 0 aliphatic heterocycles. The smallest absolute Gasteiger partial charge is 0.223 e. The molecule has 2 rings (SSSR count). The number of ether oxygens (including phenoxy) is 1. The van der Waals surface area contributed by atoms with Gasteiger partial charge in [-0.1, -0.05) is 12.1 Å². The van der Waals surface area contributed by atoms with Gasteiger partial charge in [-0.25, -0.2) is 4.98 Å². The highest BCUT2D eigenvalue weighted by Crippen LogP contribution is 2.29. The van der Waals surface area contributed by atoms with Crippen LogP contribution in [-0.2, 0) is 0 Å². The van der Waals surface area contributed by atoms with E-state index in [4.69, 9.17) is 10.5 Å². The van der Waals surface area contributed by atoms with E-state index < -0.39 is 0 Å². The van der Waals surface area contributed by atoms with E-state index in [0.29, 0.717) is 11.6 Å². The number of aryl methyl sites for hydroxylation is 1. The molecule has 2 N–H and O–H groups in total. The van der Waals surface area contributed by atoms with Crippen LogP contribution in [0.2, 0.25) is 0 Å². The molecule has 1 heterocycles. The highest BCUT2D eigenvalue weighted by Gasteiger charge is 2.06. The summed E-state index contributed by atoms with van der Waals surface area (Å²) in [5, 5.41) is 1.95. The molecule has 0 fully saturated rings. The fourth-order valence-corrected chi connectivity index (χ4v) is 1.58. The van der Waals surface area contributed by atoms with Crippen molar-refractivity contribution in [2.24, 2.45) is 0 Å². The number of methoxy groups -OCH3 is 1. The average molecular weight is 188 g/mol. The normalized spacial score (nSPS) is 10.4. The highest BCUT2D eigenvalue weighted by molar-refractivity contribution is 5.96. The number of pyridine rings is 1. The summed E-state index contributed by atoms with van der Waals surface area (Å²) in [6, 6.07) is 7.77. The van der Waals surface area contributed by atoms with Crippen LogP contribution in [0.1, 0.15) is 5.69 Å².